The molecule has 3 nitrogen and oxygen atoms in total. The molecule has 0 radical (unpaired) electrons. The highest BCUT2D eigenvalue weighted by molar-refractivity contribution is 5.77. The van der Waals surface area contributed by atoms with Gasteiger partial charge in [0.25, 0.3) is 0 Å². The maximum Gasteiger partial charge on any atom is 0.313 e. The normalized spacial score (nSPS) is 23.2. The van der Waals surface area contributed by atoms with Crippen molar-refractivity contribution in [1.29, 1.82) is 0 Å². The van der Waals surface area contributed by atoms with Gasteiger partial charge in [0.05, 0.1) is 5.69 Å². The van der Waals surface area contributed by atoms with Crippen LogP contribution in [0.15, 0.2) is 18.3 Å². The second-order valence-corrected chi connectivity index (χ2v) is 4.81. The maximum atomic E-state index is 11.3. The first-order valence-electron chi connectivity index (χ1n) is 5.19. The quantitative estimate of drug-likeness (QED) is 0.764. The van der Waals surface area contributed by atoms with Crippen molar-refractivity contribution >= 4 is 5.97 Å². The summed E-state index contributed by atoms with van der Waals surface area (Å²) in [5.41, 5.74) is 1.64. The Kier molecular flexibility index (Phi) is 2.25. The van der Waals surface area contributed by atoms with E-state index in [0.717, 1.165) is 24.1 Å². The van der Waals surface area contributed by atoms with Gasteiger partial charge >= 0.3 is 5.97 Å². The Balaban J connectivity index is 2.53. The number of hydrogen-bond acceptors (Lipinski definition) is 2. The summed E-state index contributed by atoms with van der Waals surface area (Å²) in [6.07, 6.45) is 3.51. The van der Waals surface area contributed by atoms with Crippen LogP contribution in [-0.4, -0.2) is 16.1 Å². The average molecular weight is 205 g/mol. The third kappa shape index (κ3) is 1.62. The summed E-state index contributed by atoms with van der Waals surface area (Å²) in [6, 6.07) is 3.85. The van der Waals surface area contributed by atoms with Crippen molar-refractivity contribution in [3.05, 3.63) is 29.6 Å². The van der Waals surface area contributed by atoms with Crippen LogP contribution < -0.4 is 0 Å². The molecule has 2 rings (SSSR count). The number of pyridine rings is 1. The summed E-state index contributed by atoms with van der Waals surface area (Å²) >= 11 is 0. The fraction of sp³-hybridized carbons (Fsp3) is 0.500. The number of aliphatic carboxylic acids is 1. The Hall–Kier alpha value is -1.38. The molecular weight excluding hydrogens is 190 g/mol. The minimum Gasteiger partial charge on any atom is -0.481 e. The lowest BCUT2D eigenvalue weighted by atomic mass is 9.68. The van der Waals surface area contributed by atoms with Gasteiger partial charge in [0.1, 0.15) is 5.92 Å². The molecule has 1 atom stereocenters. The highest BCUT2D eigenvalue weighted by atomic mass is 16.4. The van der Waals surface area contributed by atoms with E-state index in [1.54, 1.807) is 6.20 Å². The molecule has 0 spiro atoms. The zero-order chi connectivity index (χ0) is 11.1. The Bertz CT molecular complexity index is 398. The molecule has 0 aliphatic heterocycles. The van der Waals surface area contributed by atoms with Crippen molar-refractivity contribution in [3.8, 4) is 0 Å². The van der Waals surface area contributed by atoms with E-state index >= 15 is 0 Å². The van der Waals surface area contributed by atoms with Gasteiger partial charge in [-0.2, -0.15) is 0 Å². The number of fused-ring (bicyclic) bond motifs is 1. The lowest BCUT2D eigenvalue weighted by molar-refractivity contribution is -0.142. The van der Waals surface area contributed by atoms with Gasteiger partial charge in [-0.05, 0) is 29.9 Å². The fourth-order valence-corrected chi connectivity index (χ4v) is 2.34. The first-order valence-corrected chi connectivity index (χ1v) is 5.19. The number of rotatable bonds is 1. The lowest BCUT2D eigenvalue weighted by Crippen LogP contribution is -2.34. The molecule has 0 aromatic carbocycles. The number of carboxylic acids is 1. The van der Waals surface area contributed by atoms with E-state index < -0.39 is 11.9 Å². The third-order valence-electron chi connectivity index (χ3n) is 3.27. The molecule has 0 saturated heterocycles. The van der Waals surface area contributed by atoms with Gasteiger partial charge in [0.2, 0.25) is 0 Å². The van der Waals surface area contributed by atoms with Gasteiger partial charge in [0, 0.05) is 6.20 Å². The lowest BCUT2D eigenvalue weighted by Gasteiger charge is -2.36. The molecule has 1 aliphatic rings. The predicted molar refractivity (Wildman–Crippen MR) is 56.7 cm³/mol. The van der Waals surface area contributed by atoms with Crippen molar-refractivity contribution < 1.29 is 9.90 Å². The first-order chi connectivity index (χ1) is 7.02. The van der Waals surface area contributed by atoms with E-state index in [0.29, 0.717) is 0 Å². The number of carbonyl (C=O) groups is 1. The van der Waals surface area contributed by atoms with Gasteiger partial charge in [0.15, 0.2) is 0 Å². The molecule has 1 N–H and O–H groups in total. The van der Waals surface area contributed by atoms with Gasteiger partial charge in [-0.1, -0.05) is 19.9 Å². The van der Waals surface area contributed by atoms with Gasteiger partial charge in [-0.15, -0.1) is 0 Å². The summed E-state index contributed by atoms with van der Waals surface area (Å²) < 4.78 is 0. The van der Waals surface area contributed by atoms with Crippen molar-refractivity contribution in [1.82, 2.24) is 4.98 Å². The minimum atomic E-state index is -0.764. The van der Waals surface area contributed by atoms with Gasteiger partial charge < -0.3 is 5.11 Å². The van der Waals surface area contributed by atoms with Crippen LogP contribution in [-0.2, 0) is 11.2 Å². The summed E-state index contributed by atoms with van der Waals surface area (Å²) in [5.74, 6) is -1.23. The van der Waals surface area contributed by atoms with Crippen LogP contribution in [0.1, 0.15) is 37.4 Å². The second-order valence-electron chi connectivity index (χ2n) is 4.81. The van der Waals surface area contributed by atoms with Crippen molar-refractivity contribution in [3.63, 3.8) is 0 Å². The molecule has 3 heteroatoms. The van der Waals surface area contributed by atoms with Crippen molar-refractivity contribution in [2.45, 2.75) is 32.6 Å². The SMILES string of the molecule is CC1(C)CCc2cccnc2C1C(=O)O. The molecule has 1 aliphatic carbocycles. The second kappa shape index (κ2) is 3.33. The summed E-state index contributed by atoms with van der Waals surface area (Å²) in [7, 11) is 0. The van der Waals surface area contributed by atoms with E-state index in [1.807, 2.05) is 26.0 Å². The van der Waals surface area contributed by atoms with Crippen LogP contribution in [0.5, 0.6) is 0 Å². The van der Waals surface area contributed by atoms with E-state index in [2.05, 4.69) is 4.98 Å². The molecule has 80 valence electrons. The van der Waals surface area contributed by atoms with Crippen LogP contribution in [0, 0.1) is 5.41 Å². The van der Waals surface area contributed by atoms with E-state index in [9.17, 15) is 9.90 Å². The van der Waals surface area contributed by atoms with Crippen LogP contribution >= 0.6 is 0 Å². The Morgan fingerprint density at radius 1 is 1.60 bits per heavy atom. The van der Waals surface area contributed by atoms with Crippen molar-refractivity contribution in [2.24, 2.45) is 5.41 Å². The summed E-state index contributed by atoms with van der Waals surface area (Å²) in [5, 5.41) is 9.28. The maximum absolute atomic E-state index is 11.3. The molecule has 0 amide bonds. The highest BCUT2D eigenvalue weighted by Crippen LogP contribution is 2.44. The van der Waals surface area contributed by atoms with Crippen LogP contribution in [0.3, 0.4) is 0 Å². The standard InChI is InChI=1S/C12H15NO2/c1-12(2)6-5-8-4-3-7-13-10(8)9(12)11(14)15/h3-4,7,9H,5-6H2,1-2H3,(H,14,15). The highest BCUT2D eigenvalue weighted by Gasteiger charge is 2.41. The number of aryl methyl sites for hydroxylation is 1. The topological polar surface area (TPSA) is 50.2 Å². The van der Waals surface area contributed by atoms with Gasteiger partial charge in [-0.25, -0.2) is 0 Å². The van der Waals surface area contributed by atoms with Gasteiger partial charge in [-0.3, -0.25) is 9.78 Å². The molecular formula is C12H15NO2. The monoisotopic (exact) mass is 205 g/mol. The van der Waals surface area contributed by atoms with E-state index in [1.165, 1.54) is 0 Å². The Morgan fingerprint density at radius 2 is 2.33 bits per heavy atom. The van der Waals surface area contributed by atoms with Crippen LogP contribution in [0.2, 0.25) is 0 Å². The number of aromatic nitrogens is 1. The number of nitrogens with zero attached hydrogens (tertiary/aromatic N) is 1. The van der Waals surface area contributed by atoms with Crippen LogP contribution in [0.25, 0.3) is 0 Å². The molecule has 1 unspecified atom stereocenters. The minimum absolute atomic E-state index is 0.201. The first kappa shape index (κ1) is 10.1. The summed E-state index contributed by atoms with van der Waals surface area (Å²) in [6.45, 7) is 4.01. The molecule has 1 heterocycles. The Labute approximate surface area is 89.2 Å². The smallest absolute Gasteiger partial charge is 0.313 e. The van der Waals surface area contributed by atoms with E-state index in [-0.39, 0.29) is 5.41 Å². The third-order valence-corrected chi connectivity index (χ3v) is 3.27. The predicted octanol–water partition coefficient (Wildman–Crippen LogP) is 2.22. The molecule has 15 heavy (non-hydrogen) atoms. The van der Waals surface area contributed by atoms with Crippen molar-refractivity contribution in [2.75, 3.05) is 0 Å². The molecule has 0 bridgehead atoms. The average Bonchev–Trinajstić information content (AvgIpc) is 2.15. The number of carboxylic acid groups (broad SMARTS) is 1. The molecule has 0 fully saturated rings. The molecule has 1 aromatic rings. The molecule has 1 aromatic heterocycles. The summed E-state index contributed by atoms with van der Waals surface area (Å²) in [4.78, 5) is 15.5. The fourth-order valence-electron chi connectivity index (χ4n) is 2.34. The van der Waals surface area contributed by atoms with E-state index in [4.69, 9.17) is 0 Å². The largest absolute Gasteiger partial charge is 0.481 e. The zero-order valence-corrected chi connectivity index (χ0v) is 9.03. The Morgan fingerprint density at radius 3 is 3.00 bits per heavy atom. The van der Waals surface area contributed by atoms with Crippen LogP contribution in [0.4, 0.5) is 0 Å². The molecule has 0 saturated carbocycles. The number of hydrogen-bond donors (Lipinski definition) is 1. The zero-order valence-electron chi connectivity index (χ0n) is 9.03.